The monoisotopic (exact) mass is 287 g/mol. The number of likely N-dealkylation sites (N-methyl/N-ethyl adjacent to an activating group) is 1. The fourth-order valence-electron chi connectivity index (χ4n) is 2.10. The largest absolute Gasteiger partial charge is 0.508 e. The van der Waals surface area contributed by atoms with Crippen molar-refractivity contribution in [2.75, 3.05) is 7.05 Å². The highest BCUT2D eigenvalue weighted by Gasteiger charge is 2.29. The van der Waals surface area contributed by atoms with Crippen LogP contribution in [0.25, 0.3) is 0 Å². The van der Waals surface area contributed by atoms with Gasteiger partial charge in [0.15, 0.2) is 5.82 Å². The Labute approximate surface area is 122 Å². The van der Waals surface area contributed by atoms with Crippen LogP contribution in [-0.4, -0.2) is 33.1 Å². The predicted octanol–water partition coefficient (Wildman–Crippen LogP) is 1.85. The topological polar surface area (TPSA) is 79.5 Å². The van der Waals surface area contributed by atoms with Crippen LogP contribution in [0.5, 0.6) is 5.75 Å². The van der Waals surface area contributed by atoms with Crippen molar-refractivity contribution in [3.63, 3.8) is 0 Å². The molecule has 0 aliphatic heterocycles. The minimum atomic E-state index is -0.0571. The van der Waals surface area contributed by atoms with Gasteiger partial charge in [0, 0.05) is 13.0 Å². The second-order valence-corrected chi connectivity index (χ2v) is 5.42. The average Bonchev–Trinajstić information content (AvgIpc) is 3.19. The van der Waals surface area contributed by atoms with Crippen molar-refractivity contribution >= 4 is 5.91 Å². The Kier molecular flexibility index (Phi) is 3.60. The van der Waals surface area contributed by atoms with E-state index < -0.39 is 0 Å². The van der Waals surface area contributed by atoms with E-state index in [2.05, 4.69) is 10.1 Å². The molecular formula is C15H17N3O3. The summed E-state index contributed by atoms with van der Waals surface area (Å²) in [6.07, 6.45) is 2.44. The molecule has 1 N–H and O–H groups in total. The number of aromatic hydroxyl groups is 1. The standard InChI is InChI=1S/C15H17N3O3/c1-18(9-13-16-15(21-17-13)11-5-6-11)14(20)8-10-3-2-4-12(19)7-10/h2-4,7,11,19H,5-6,8-9H2,1H3. The Balaban J connectivity index is 1.58. The predicted molar refractivity (Wildman–Crippen MR) is 74.6 cm³/mol. The molecule has 0 atom stereocenters. The molecule has 21 heavy (non-hydrogen) atoms. The summed E-state index contributed by atoms with van der Waals surface area (Å²) in [4.78, 5) is 18.0. The first kappa shape index (κ1) is 13.6. The summed E-state index contributed by atoms with van der Waals surface area (Å²) in [7, 11) is 1.71. The summed E-state index contributed by atoms with van der Waals surface area (Å²) in [6.45, 7) is 0.327. The molecule has 0 spiro atoms. The van der Waals surface area contributed by atoms with E-state index in [0.29, 0.717) is 24.2 Å². The summed E-state index contributed by atoms with van der Waals surface area (Å²) in [6, 6.07) is 6.70. The summed E-state index contributed by atoms with van der Waals surface area (Å²) in [5.74, 6) is 1.73. The van der Waals surface area contributed by atoms with E-state index >= 15 is 0 Å². The maximum atomic E-state index is 12.1. The van der Waals surface area contributed by atoms with Crippen LogP contribution in [0.2, 0.25) is 0 Å². The first-order valence-electron chi connectivity index (χ1n) is 6.96. The van der Waals surface area contributed by atoms with Gasteiger partial charge in [0.05, 0.1) is 13.0 Å². The molecule has 6 heteroatoms. The van der Waals surface area contributed by atoms with Gasteiger partial charge in [-0.05, 0) is 30.5 Å². The number of carbonyl (C=O) groups excluding carboxylic acids is 1. The third-order valence-corrected chi connectivity index (χ3v) is 3.48. The third-order valence-electron chi connectivity index (χ3n) is 3.48. The van der Waals surface area contributed by atoms with Crippen molar-refractivity contribution in [1.82, 2.24) is 15.0 Å². The van der Waals surface area contributed by atoms with Gasteiger partial charge in [-0.15, -0.1) is 0 Å². The number of phenolic OH excluding ortho intramolecular Hbond substituents is 1. The molecule has 1 aliphatic rings. The highest BCUT2D eigenvalue weighted by atomic mass is 16.5. The van der Waals surface area contributed by atoms with E-state index in [-0.39, 0.29) is 18.1 Å². The van der Waals surface area contributed by atoms with E-state index in [4.69, 9.17) is 4.52 Å². The Hall–Kier alpha value is -2.37. The molecule has 6 nitrogen and oxygen atoms in total. The molecular weight excluding hydrogens is 270 g/mol. The molecule has 2 aromatic rings. The lowest BCUT2D eigenvalue weighted by molar-refractivity contribution is -0.129. The van der Waals surface area contributed by atoms with Crippen LogP contribution < -0.4 is 0 Å². The van der Waals surface area contributed by atoms with Gasteiger partial charge in [-0.1, -0.05) is 17.3 Å². The van der Waals surface area contributed by atoms with E-state index in [9.17, 15) is 9.90 Å². The molecule has 1 aromatic carbocycles. The summed E-state index contributed by atoms with van der Waals surface area (Å²) >= 11 is 0. The number of hydrogen-bond donors (Lipinski definition) is 1. The third kappa shape index (κ3) is 3.39. The average molecular weight is 287 g/mol. The number of amides is 1. The van der Waals surface area contributed by atoms with Crippen LogP contribution >= 0.6 is 0 Å². The number of benzene rings is 1. The lowest BCUT2D eigenvalue weighted by atomic mass is 10.1. The minimum Gasteiger partial charge on any atom is -0.508 e. The number of phenols is 1. The molecule has 0 unspecified atom stereocenters. The van der Waals surface area contributed by atoms with E-state index in [1.165, 1.54) is 0 Å². The molecule has 3 rings (SSSR count). The Bertz CT molecular complexity index is 649. The number of hydrogen-bond acceptors (Lipinski definition) is 5. The second kappa shape index (κ2) is 5.55. The van der Waals surface area contributed by atoms with E-state index in [1.807, 2.05) is 6.07 Å². The minimum absolute atomic E-state index is 0.0571. The highest BCUT2D eigenvalue weighted by molar-refractivity contribution is 5.78. The van der Waals surface area contributed by atoms with Gasteiger partial charge >= 0.3 is 0 Å². The van der Waals surface area contributed by atoms with Gasteiger partial charge in [0.25, 0.3) is 0 Å². The van der Waals surface area contributed by atoms with Gasteiger partial charge in [-0.25, -0.2) is 0 Å². The van der Waals surface area contributed by atoms with Gasteiger partial charge in [0.1, 0.15) is 5.75 Å². The quantitative estimate of drug-likeness (QED) is 0.908. The summed E-state index contributed by atoms with van der Waals surface area (Å²) in [5.41, 5.74) is 0.777. The first-order chi connectivity index (χ1) is 10.1. The fraction of sp³-hybridized carbons (Fsp3) is 0.400. The number of carbonyl (C=O) groups is 1. The second-order valence-electron chi connectivity index (χ2n) is 5.42. The molecule has 0 bridgehead atoms. The zero-order valence-corrected chi connectivity index (χ0v) is 11.8. The van der Waals surface area contributed by atoms with E-state index in [1.54, 1.807) is 30.1 Å². The van der Waals surface area contributed by atoms with Crippen molar-refractivity contribution in [3.05, 3.63) is 41.5 Å². The van der Waals surface area contributed by atoms with Crippen LogP contribution in [0.1, 0.15) is 36.0 Å². The molecule has 110 valence electrons. The molecule has 0 saturated heterocycles. The molecule has 1 amide bonds. The maximum absolute atomic E-state index is 12.1. The van der Waals surface area contributed by atoms with E-state index in [0.717, 1.165) is 18.4 Å². The molecule has 1 aliphatic carbocycles. The maximum Gasteiger partial charge on any atom is 0.229 e. The summed E-state index contributed by atoms with van der Waals surface area (Å²) in [5, 5.41) is 13.3. The van der Waals surface area contributed by atoms with Gasteiger partial charge in [-0.3, -0.25) is 4.79 Å². The van der Waals surface area contributed by atoms with Crippen molar-refractivity contribution < 1.29 is 14.4 Å². The first-order valence-corrected chi connectivity index (χ1v) is 6.96. The van der Waals surface area contributed by atoms with Crippen LogP contribution in [0.15, 0.2) is 28.8 Å². The Morgan fingerprint density at radius 2 is 2.29 bits per heavy atom. The lowest BCUT2D eigenvalue weighted by Gasteiger charge is -2.15. The molecule has 1 saturated carbocycles. The normalized spacial score (nSPS) is 14.1. The Morgan fingerprint density at radius 1 is 1.48 bits per heavy atom. The smallest absolute Gasteiger partial charge is 0.229 e. The Morgan fingerprint density at radius 3 is 3.00 bits per heavy atom. The number of nitrogens with zero attached hydrogens (tertiary/aromatic N) is 3. The zero-order valence-electron chi connectivity index (χ0n) is 11.8. The van der Waals surface area contributed by atoms with Crippen LogP contribution in [-0.2, 0) is 17.8 Å². The van der Waals surface area contributed by atoms with Gasteiger partial charge in [0.2, 0.25) is 11.8 Å². The fourth-order valence-corrected chi connectivity index (χ4v) is 2.10. The van der Waals surface area contributed by atoms with Gasteiger partial charge in [-0.2, -0.15) is 4.98 Å². The van der Waals surface area contributed by atoms with Crippen molar-refractivity contribution in [1.29, 1.82) is 0 Å². The van der Waals surface area contributed by atoms with Crippen molar-refractivity contribution in [2.45, 2.75) is 31.7 Å². The zero-order chi connectivity index (χ0) is 14.8. The van der Waals surface area contributed by atoms with Crippen molar-refractivity contribution in [3.8, 4) is 5.75 Å². The van der Waals surface area contributed by atoms with Crippen LogP contribution in [0.3, 0.4) is 0 Å². The van der Waals surface area contributed by atoms with Crippen LogP contribution in [0.4, 0.5) is 0 Å². The van der Waals surface area contributed by atoms with Crippen LogP contribution in [0, 0.1) is 0 Å². The highest BCUT2D eigenvalue weighted by Crippen LogP contribution is 2.38. The SMILES string of the molecule is CN(Cc1noc(C2CC2)n1)C(=O)Cc1cccc(O)c1. The van der Waals surface area contributed by atoms with Gasteiger partial charge < -0.3 is 14.5 Å². The molecule has 1 fully saturated rings. The number of rotatable bonds is 5. The molecule has 0 radical (unpaired) electrons. The molecule has 1 aromatic heterocycles. The summed E-state index contributed by atoms with van der Waals surface area (Å²) < 4.78 is 5.17. The number of aromatic nitrogens is 2. The van der Waals surface area contributed by atoms with Crippen molar-refractivity contribution in [2.24, 2.45) is 0 Å². The molecule has 1 heterocycles. The lowest BCUT2D eigenvalue weighted by Crippen LogP contribution is -2.28.